The van der Waals surface area contributed by atoms with Crippen molar-refractivity contribution < 1.29 is 19.1 Å². The molecule has 4 N–H and O–H groups in total. The van der Waals surface area contributed by atoms with E-state index in [1.54, 1.807) is 6.07 Å². The molecule has 2 aromatic carbocycles. The Hall–Kier alpha value is -2.13. The SMILES string of the molecule is O=C(O)c1cccc(NC(=S)NC(NC(=O)c2ccc(F)cc2)C(Cl)(Cl)Cl)c1. The third-order valence-corrected chi connectivity index (χ3v) is 4.23. The molecule has 2 aromatic rings. The van der Waals surface area contributed by atoms with Gasteiger partial charge in [0.2, 0.25) is 3.79 Å². The fourth-order valence-electron chi connectivity index (χ4n) is 2.04. The highest BCUT2D eigenvalue weighted by Gasteiger charge is 2.35. The summed E-state index contributed by atoms with van der Waals surface area (Å²) in [5, 5.41) is 16.8. The number of hydrogen-bond donors (Lipinski definition) is 4. The van der Waals surface area contributed by atoms with Gasteiger partial charge in [-0.25, -0.2) is 9.18 Å². The van der Waals surface area contributed by atoms with Gasteiger partial charge in [0, 0.05) is 11.3 Å². The topological polar surface area (TPSA) is 90.5 Å². The molecule has 2 rings (SSSR count). The van der Waals surface area contributed by atoms with Crippen LogP contribution in [0.15, 0.2) is 48.5 Å². The smallest absolute Gasteiger partial charge is 0.335 e. The maximum atomic E-state index is 13.0. The number of anilines is 1. The summed E-state index contributed by atoms with van der Waals surface area (Å²) in [4.78, 5) is 23.3. The predicted molar refractivity (Wildman–Crippen MR) is 111 cm³/mol. The van der Waals surface area contributed by atoms with Crippen LogP contribution < -0.4 is 16.0 Å². The van der Waals surface area contributed by atoms with E-state index >= 15 is 0 Å². The van der Waals surface area contributed by atoms with Crippen molar-refractivity contribution in [1.29, 1.82) is 0 Å². The van der Waals surface area contributed by atoms with Crippen LogP contribution in [0.3, 0.4) is 0 Å². The summed E-state index contributed by atoms with van der Waals surface area (Å²) in [7, 11) is 0. The van der Waals surface area contributed by atoms with Crippen LogP contribution >= 0.6 is 47.0 Å². The highest BCUT2D eigenvalue weighted by molar-refractivity contribution is 7.80. The standard InChI is InChI=1S/C17H13Cl3FN3O3S/c18-17(19,20)15(23-13(25)9-4-6-11(21)7-5-9)24-16(28)22-12-3-1-2-10(8-12)14(26)27/h1-8,15H,(H,23,25)(H,26,27)(H2,22,24,28). The fraction of sp³-hybridized carbons (Fsp3) is 0.118. The molecular weight excluding hydrogens is 452 g/mol. The van der Waals surface area contributed by atoms with Gasteiger partial charge in [0.05, 0.1) is 5.56 Å². The number of aromatic carboxylic acids is 1. The Kier molecular flexibility index (Phi) is 7.42. The molecule has 0 spiro atoms. The molecule has 1 atom stereocenters. The molecule has 28 heavy (non-hydrogen) atoms. The van der Waals surface area contributed by atoms with Crippen LogP contribution in [0, 0.1) is 5.82 Å². The fourth-order valence-corrected chi connectivity index (χ4v) is 2.61. The van der Waals surface area contributed by atoms with Crippen LogP contribution in [-0.4, -0.2) is 32.1 Å². The van der Waals surface area contributed by atoms with Crippen molar-refractivity contribution in [3.05, 3.63) is 65.5 Å². The molecule has 0 fully saturated rings. The molecule has 0 radical (unpaired) electrons. The van der Waals surface area contributed by atoms with Gasteiger partial charge in [0.1, 0.15) is 12.0 Å². The molecule has 0 saturated carbocycles. The Morgan fingerprint density at radius 1 is 1.04 bits per heavy atom. The number of amides is 1. The summed E-state index contributed by atoms with van der Waals surface area (Å²) in [5.74, 6) is -2.23. The number of carboxylic acid groups (broad SMARTS) is 1. The van der Waals surface area contributed by atoms with Crippen molar-refractivity contribution in [2.75, 3.05) is 5.32 Å². The first-order valence-electron chi connectivity index (χ1n) is 7.60. The normalized spacial score (nSPS) is 12.0. The zero-order valence-electron chi connectivity index (χ0n) is 13.9. The minimum atomic E-state index is -1.98. The Balaban J connectivity index is 2.08. The van der Waals surface area contributed by atoms with Gasteiger partial charge >= 0.3 is 5.97 Å². The molecule has 0 aliphatic rings. The lowest BCUT2D eigenvalue weighted by atomic mass is 10.2. The highest BCUT2D eigenvalue weighted by atomic mass is 35.6. The molecular formula is C17H13Cl3FN3O3S. The molecule has 1 unspecified atom stereocenters. The third kappa shape index (κ3) is 6.49. The van der Waals surface area contributed by atoms with Gasteiger partial charge in [0.15, 0.2) is 5.11 Å². The summed E-state index contributed by atoms with van der Waals surface area (Å²) in [6.07, 6.45) is -1.24. The highest BCUT2D eigenvalue weighted by Crippen LogP contribution is 2.29. The maximum Gasteiger partial charge on any atom is 0.335 e. The van der Waals surface area contributed by atoms with E-state index in [9.17, 15) is 14.0 Å². The van der Waals surface area contributed by atoms with Crippen LogP contribution in [0.1, 0.15) is 20.7 Å². The molecule has 148 valence electrons. The van der Waals surface area contributed by atoms with Crippen molar-refractivity contribution in [3.8, 4) is 0 Å². The predicted octanol–water partition coefficient (Wildman–Crippen LogP) is 3.94. The van der Waals surface area contributed by atoms with Crippen molar-refractivity contribution in [1.82, 2.24) is 10.6 Å². The maximum absolute atomic E-state index is 13.0. The van der Waals surface area contributed by atoms with Gasteiger partial charge < -0.3 is 21.1 Å². The number of hydrogen-bond acceptors (Lipinski definition) is 3. The van der Waals surface area contributed by atoms with Crippen molar-refractivity contribution in [2.24, 2.45) is 0 Å². The zero-order valence-corrected chi connectivity index (χ0v) is 17.0. The van der Waals surface area contributed by atoms with E-state index in [0.717, 1.165) is 12.1 Å². The first-order valence-corrected chi connectivity index (χ1v) is 9.14. The van der Waals surface area contributed by atoms with E-state index in [1.165, 1.54) is 30.3 Å². The number of carbonyl (C=O) groups excluding carboxylic acids is 1. The Morgan fingerprint density at radius 2 is 1.68 bits per heavy atom. The van der Waals surface area contributed by atoms with E-state index in [1.807, 2.05) is 0 Å². The number of rotatable bonds is 5. The van der Waals surface area contributed by atoms with Crippen LogP contribution in [0.25, 0.3) is 0 Å². The van der Waals surface area contributed by atoms with Crippen molar-refractivity contribution >= 4 is 69.7 Å². The number of benzene rings is 2. The van der Waals surface area contributed by atoms with Gasteiger partial charge in [-0.2, -0.15) is 0 Å². The lowest BCUT2D eigenvalue weighted by Gasteiger charge is -2.27. The summed E-state index contributed by atoms with van der Waals surface area (Å²) < 4.78 is 11.0. The number of halogens is 4. The lowest BCUT2D eigenvalue weighted by Crippen LogP contribution is -2.56. The lowest BCUT2D eigenvalue weighted by molar-refractivity contribution is 0.0696. The summed E-state index contributed by atoms with van der Waals surface area (Å²) in [6.45, 7) is 0. The zero-order chi connectivity index (χ0) is 20.9. The molecule has 0 saturated heterocycles. The Labute approximate surface area is 180 Å². The van der Waals surface area contributed by atoms with Crippen molar-refractivity contribution in [3.63, 3.8) is 0 Å². The van der Waals surface area contributed by atoms with Crippen molar-refractivity contribution in [2.45, 2.75) is 9.96 Å². The van der Waals surface area contributed by atoms with Crippen LogP contribution in [-0.2, 0) is 0 Å². The van der Waals surface area contributed by atoms with E-state index in [0.29, 0.717) is 5.69 Å². The molecule has 11 heteroatoms. The second-order valence-electron chi connectivity index (χ2n) is 5.44. The van der Waals surface area contributed by atoms with Crippen LogP contribution in [0.5, 0.6) is 0 Å². The second kappa shape index (κ2) is 9.38. The third-order valence-electron chi connectivity index (χ3n) is 3.35. The summed E-state index contributed by atoms with van der Waals surface area (Å²) in [6, 6.07) is 10.7. The monoisotopic (exact) mass is 463 g/mol. The molecule has 6 nitrogen and oxygen atoms in total. The minimum Gasteiger partial charge on any atom is -0.478 e. The summed E-state index contributed by atoms with van der Waals surface area (Å²) in [5.41, 5.74) is 0.580. The average Bonchev–Trinajstić information content (AvgIpc) is 2.61. The van der Waals surface area contributed by atoms with Crippen LogP contribution in [0.2, 0.25) is 0 Å². The molecule has 1 amide bonds. The first kappa shape index (κ1) is 22.2. The molecule has 0 aliphatic heterocycles. The number of nitrogens with one attached hydrogen (secondary N) is 3. The quantitative estimate of drug-likeness (QED) is 0.304. The van der Waals surface area contributed by atoms with E-state index < -0.39 is 27.7 Å². The van der Waals surface area contributed by atoms with Gasteiger partial charge in [-0.15, -0.1) is 0 Å². The van der Waals surface area contributed by atoms with Gasteiger partial charge in [-0.3, -0.25) is 4.79 Å². The molecule has 0 bridgehead atoms. The number of alkyl halides is 3. The molecule has 0 aromatic heterocycles. The number of carboxylic acids is 1. The van der Waals surface area contributed by atoms with Gasteiger partial charge in [-0.05, 0) is 54.7 Å². The van der Waals surface area contributed by atoms with Gasteiger partial charge in [-0.1, -0.05) is 40.9 Å². The van der Waals surface area contributed by atoms with Gasteiger partial charge in [0.25, 0.3) is 5.91 Å². The Morgan fingerprint density at radius 3 is 2.25 bits per heavy atom. The van der Waals surface area contributed by atoms with E-state index in [-0.39, 0.29) is 16.2 Å². The molecule has 0 aliphatic carbocycles. The number of thiocarbonyl (C=S) groups is 1. The van der Waals surface area contributed by atoms with E-state index in [4.69, 9.17) is 52.1 Å². The number of carbonyl (C=O) groups is 2. The average molecular weight is 465 g/mol. The Bertz CT molecular complexity index is 891. The minimum absolute atomic E-state index is 0.0294. The molecule has 0 heterocycles. The second-order valence-corrected chi connectivity index (χ2v) is 8.22. The summed E-state index contributed by atoms with van der Waals surface area (Å²) >= 11 is 22.8. The first-order chi connectivity index (χ1) is 13.1. The largest absolute Gasteiger partial charge is 0.478 e. The van der Waals surface area contributed by atoms with Crippen LogP contribution in [0.4, 0.5) is 10.1 Å². The van der Waals surface area contributed by atoms with E-state index in [2.05, 4.69) is 16.0 Å².